The summed E-state index contributed by atoms with van der Waals surface area (Å²) in [4.78, 5) is 10.6. The van der Waals surface area contributed by atoms with Crippen molar-refractivity contribution < 1.29 is 9.53 Å². The molecule has 0 saturated heterocycles. The molecule has 11 heteroatoms. The largest absolute Gasteiger partial charge is 0.459 e. The van der Waals surface area contributed by atoms with Crippen molar-refractivity contribution in [1.82, 2.24) is 0 Å². The van der Waals surface area contributed by atoms with Gasteiger partial charge in [0, 0.05) is 5.02 Å². The molecule has 0 aliphatic heterocycles. The molecule has 0 bridgehead atoms. The summed E-state index contributed by atoms with van der Waals surface area (Å²) in [6.45, 7) is -0.304. The summed E-state index contributed by atoms with van der Waals surface area (Å²) in [6, 6.07) is 2.77. The average molecular weight is 433 g/mol. The first-order valence-corrected chi connectivity index (χ1v) is 7.80. The molecule has 0 N–H and O–H groups in total. The number of ether oxygens (including phenoxy) is 1. The zero-order chi connectivity index (χ0) is 16.2. The van der Waals surface area contributed by atoms with E-state index in [4.69, 9.17) is 81.2 Å². The minimum atomic E-state index is -2.30. The Kier molecular flexibility index (Phi) is 7.61. The molecule has 0 aliphatic carbocycles. The van der Waals surface area contributed by atoms with Gasteiger partial charge >= 0.3 is 10.4 Å². The van der Waals surface area contributed by atoms with Crippen LogP contribution in [0.5, 0.6) is 0 Å². The highest BCUT2D eigenvalue weighted by Crippen LogP contribution is 2.37. The Bertz CT molecular complexity index is 539. The van der Waals surface area contributed by atoms with Gasteiger partial charge in [0.05, 0.1) is 10.0 Å². The predicted octanol–water partition coefficient (Wildman–Crippen LogP) is 6.21. The topological polar surface area (TPSA) is 51.0 Å². The van der Waals surface area contributed by atoms with Crippen LogP contribution in [0.1, 0.15) is 0 Å². The second kappa shape index (κ2) is 8.25. The molecule has 0 radical (unpaired) electrons. The van der Waals surface area contributed by atoms with Crippen LogP contribution < -0.4 is 0 Å². The highest BCUT2D eigenvalue weighted by atomic mass is 35.5. The van der Waals surface area contributed by atoms with Crippen LogP contribution in [0.3, 0.4) is 0 Å². The van der Waals surface area contributed by atoms with Crippen LogP contribution in [0.25, 0.3) is 0 Å². The summed E-state index contributed by atoms with van der Waals surface area (Å²) in [5, 5.41) is 7.60. The van der Waals surface area contributed by atoms with Crippen molar-refractivity contribution in [3.05, 3.63) is 27.2 Å². The second-order valence-electron chi connectivity index (χ2n) is 3.45. The van der Waals surface area contributed by atoms with E-state index in [9.17, 15) is 4.79 Å². The number of halogens is 7. The first-order valence-electron chi connectivity index (χ1n) is 5.04. The number of hydrogen-bond acceptors (Lipinski definition) is 4. The molecular weight excluding hydrogens is 428 g/mol. The Labute approximate surface area is 155 Å². The third kappa shape index (κ3) is 6.14. The molecule has 0 fully saturated rings. The van der Waals surface area contributed by atoms with Gasteiger partial charge in [-0.05, 0) is 12.1 Å². The van der Waals surface area contributed by atoms with E-state index in [-0.39, 0.29) is 22.3 Å². The molecule has 0 aromatic heterocycles. The Balaban J connectivity index is 2.90. The Morgan fingerprint density at radius 2 is 1.71 bits per heavy atom. The van der Waals surface area contributed by atoms with Gasteiger partial charge in [-0.2, -0.15) is 0 Å². The second-order valence-corrected chi connectivity index (χ2v) is 7.26. The lowest BCUT2D eigenvalue weighted by Crippen LogP contribution is -2.27. The number of benzene rings is 1. The van der Waals surface area contributed by atoms with Gasteiger partial charge in [-0.25, -0.2) is 4.79 Å². The summed E-state index contributed by atoms with van der Waals surface area (Å²) < 4.78 is 2.33. The number of carbonyl (C=O) groups is 1. The molecule has 0 amide bonds. The van der Waals surface area contributed by atoms with Crippen molar-refractivity contribution in [2.45, 2.75) is 9.29 Å². The molecule has 116 valence electrons. The quantitative estimate of drug-likeness (QED) is 0.240. The summed E-state index contributed by atoms with van der Waals surface area (Å²) in [7, 11) is 0. The van der Waals surface area contributed by atoms with E-state index in [2.05, 4.69) is 15.0 Å². The standard InChI is InChI=1S/C10H5Cl7N2O2/c11-4-1-5(12)8(6(13)2-4)18-19-10(16,17)9(20)21-3-7(14)15/h1-2,7H,3H2/b19-18+. The SMILES string of the molecule is O=C(OCC(Cl)Cl)C(Cl)(Cl)/N=N/c1c(Cl)cc(Cl)cc1Cl. The van der Waals surface area contributed by atoms with Gasteiger partial charge in [-0.3, -0.25) is 0 Å². The fraction of sp³-hybridized carbons (Fsp3) is 0.300. The van der Waals surface area contributed by atoms with Gasteiger partial charge in [0.1, 0.15) is 17.1 Å². The molecule has 0 atom stereocenters. The van der Waals surface area contributed by atoms with Crippen molar-refractivity contribution in [3.63, 3.8) is 0 Å². The van der Waals surface area contributed by atoms with Crippen LogP contribution in [-0.2, 0) is 9.53 Å². The van der Waals surface area contributed by atoms with Crippen molar-refractivity contribution in [3.8, 4) is 0 Å². The van der Waals surface area contributed by atoms with Gasteiger partial charge in [0.2, 0.25) is 0 Å². The lowest BCUT2D eigenvalue weighted by Gasteiger charge is -2.12. The minimum Gasteiger partial charge on any atom is -0.459 e. The third-order valence-electron chi connectivity index (χ3n) is 1.84. The molecule has 0 unspecified atom stereocenters. The van der Waals surface area contributed by atoms with E-state index < -0.39 is 15.3 Å². The maximum Gasteiger partial charge on any atom is 0.367 e. The number of nitrogens with zero attached hydrogens (tertiary/aromatic N) is 2. The molecule has 0 aliphatic rings. The van der Waals surface area contributed by atoms with E-state index >= 15 is 0 Å². The van der Waals surface area contributed by atoms with Crippen molar-refractivity contribution >= 4 is 92.9 Å². The zero-order valence-corrected chi connectivity index (χ0v) is 15.1. The van der Waals surface area contributed by atoms with Crippen LogP contribution in [0.2, 0.25) is 15.1 Å². The minimum absolute atomic E-state index is 0.0498. The average Bonchev–Trinajstić information content (AvgIpc) is 2.34. The van der Waals surface area contributed by atoms with Gasteiger partial charge in [-0.1, -0.05) is 58.0 Å². The van der Waals surface area contributed by atoms with Gasteiger partial charge in [0.15, 0.2) is 0 Å². The van der Waals surface area contributed by atoms with Crippen LogP contribution in [-0.4, -0.2) is 21.9 Å². The number of alkyl halides is 4. The van der Waals surface area contributed by atoms with Gasteiger partial charge in [-0.15, -0.1) is 33.4 Å². The predicted molar refractivity (Wildman–Crippen MR) is 86.9 cm³/mol. The normalized spacial score (nSPS) is 12.2. The Hall–Kier alpha value is 0.320. The van der Waals surface area contributed by atoms with Crippen LogP contribution in [0, 0.1) is 0 Å². The first kappa shape index (κ1) is 19.4. The summed E-state index contributed by atoms with van der Waals surface area (Å²) in [5.74, 6) is -1.10. The monoisotopic (exact) mass is 430 g/mol. The third-order valence-corrected chi connectivity index (χ3v) is 3.35. The molecule has 4 nitrogen and oxygen atoms in total. The Morgan fingerprint density at radius 1 is 1.19 bits per heavy atom. The summed E-state index contributed by atoms with van der Waals surface area (Å²) in [6.07, 6.45) is 0. The number of rotatable bonds is 5. The first-order chi connectivity index (χ1) is 9.63. The van der Waals surface area contributed by atoms with Crippen molar-refractivity contribution in [2.75, 3.05) is 6.61 Å². The molecule has 1 rings (SSSR count). The zero-order valence-electron chi connectivity index (χ0n) is 9.80. The van der Waals surface area contributed by atoms with Crippen molar-refractivity contribution in [1.29, 1.82) is 0 Å². The molecule has 0 saturated carbocycles. The van der Waals surface area contributed by atoms with E-state index in [1.54, 1.807) is 0 Å². The molecule has 0 heterocycles. The lowest BCUT2D eigenvalue weighted by molar-refractivity contribution is -0.144. The lowest BCUT2D eigenvalue weighted by atomic mass is 10.3. The smallest absolute Gasteiger partial charge is 0.367 e. The van der Waals surface area contributed by atoms with E-state index in [0.29, 0.717) is 5.02 Å². The highest BCUT2D eigenvalue weighted by Gasteiger charge is 2.36. The van der Waals surface area contributed by atoms with Gasteiger partial charge in [0.25, 0.3) is 0 Å². The molecule has 1 aromatic carbocycles. The molecular formula is C10H5Cl7N2O2. The fourth-order valence-electron chi connectivity index (χ4n) is 1.01. The Morgan fingerprint density at radius 3 is 2.19 bits per heavy atom. The number of esters is 1. The highest BCUT2D eigenvalue weighted by molar-refractivity contribution is 6.57. The maximum atomic E-state index is 11.6. The number of hydrogen-bond donors (Lipinski definition) is 0. The summed E-state index contributed by atoms with van der Waals surface area (Å²) in [5.41, 5.74) is 0.0498. The van der Waals surface area contributed by atoms with Gasteiger partial charge < -0.3 is 4.74 Å². The summed E-state index contributed by atoms with van der Waals surface area (Å²) >= 11 is 39.7. The number of carbonyl (C=O) groups excluding carboxylic acids is 1. The fourth-order valence-corrected chi connectivity index (χ4v) is 2.21. The molecule has 21 heavy (non-hydrogen) atoms. The molecule has 0 spiro atoms. The maximum absolute atomic E-state index is 11.6. The molecule has 1 aromatic rings. The number of azo groups is 1. The van der Waals surface area contributed by atoms with Crippen LogP contribution in [0.4, 0.5) is 5.69 Å². The van der Waals surface area contributed by atoms with E-state index in [0.717, 1.165) is 0 Å². The van der Waals surface area contributed by atoms with Crippen molar-refractivity contribution in [2.24, 2.45) is 10.2 Å². The van der Waals surface area contributed by atoms with E-state index in [1.165, 1.54) is 12.1 Å². The van der Waals surface area contributed by atoms with Crippen LogP contribution >= 0.6 is 81.2 Å². The van der Waals surface area contributed by atoms with Crippen LogP contribution in [0.15, 0.2) is 22.4 Å². The van der Waals surface area contributed by atoms with E-state index in [1.807, 2.05) is 0 Å².